The van der Waals surface area contributed by atoms with Crippen molar-refractivity contribution in [3.63, 3.8) is 0 Å². The van der Waals surface area contributed by atoms with Crippen molar-refractivity contribution in [2.75, 3.05) is 11.4 Å². The van der Waals surface area contributed by atoms with E-state index < -0.39 is 10.8 Å². The minimum atomic E-state index is -1.56. The molecule has 33 heavy (non-hydrogen) atoms. The van der Waals surface area contributed by atoms with Gasteiger partial charge in [-0.1, -0.05) is 49.7 Å². The Balaban J connectivity index is 1.77. The average Bonchev–Trinajstić information content (AvgIpc) is 2.89. The summed E-state index contributed by atoms with van der Waals surface area (Å²) in [5.41, 5.74) is 2.16. The molecule has 2 amide bonds. The number of nitrogens with one attached hydrogen (secondary N) is 1. The van der Waals surface area contributed by atoms with Crippen LogP contribution >= 0.6 is 11.6 Å². The number of fused-ring (bicyclic) bond motifs is 2. The average molecular weight is 481 g/mol. The van der Waals surface area contributed by atoms with Gasteiger partial charge in [0.15, 0.2) is 0 Å². The molecule has 3 aromatic carbocycles. The number of hydrogen-bond acceptors (Lipinski definition) is 3. The van der Waals surface area contributed by atoms with Crippen molar-refractivity contribution in [3.05, 3.63) is 88.4 Å². The molecule has 0 spiro atoms. The lowest BCUT2D eigenvalue weighted by Crippen LogP contribution is -2.31. The number of halogens is 1. The number of carbonyl (C=O) groups excluding carboxylic acids is 2. The van der Waals surface area contributed by atoms with Crippen LogP contribution < -0.4 is 10.2 Å². The zero-order valence-electron chi connectivity index (χ0n) is 18.5. The SMILES string of the molecule is CC(C)CCNC(=O)c1ccc2c(c1)N(Cc1ccc(Cl)cc1)C(=O)c1ccccc1[S@@]2=O. The number of hydrogen-bond donors (Lipinski definition) is 1. The molecular weight excluding hydrogens is 456 g/mol. The first-order valence-corrected chi connectivity index (χ1v) is 12.4. The van der Waals surface area contributed by atoms with Crippen LogP contribution in [0.25, 0.3) is 0 Å². The molecule has 1 atom stereocenters. The Morgan fingerprint density at radius 2 is 1.76 bits per heavy atom. The van der Waals surface area contributed by atoms with Gasteiger partial charge in [0.1, 0.15) is 0 Å². The molecule has 0 fully saturated rings. The number of rotatable bonds is 6. The Hall–Kier alpha value is -2.96. The lowest BCUT2D eigenvalue weighted by Gasteiger charge is -2.23. The van der Waals surface area contributed by atoms with E-state index >= 15 is 0 Å². The third-order valence-corrected chi connectivity index (χ3v) is 7.29. The van der Waals surface area contributed by atoms with Gasteiger partial charge in [-0.15, -0.1) is 0 Å². The number of benzene rings is 3. The zero-order valence-corrected chi connectivity index (χ0v) is 20.1. The van der Waals surface area contributed by atoms with Gasteiger partial charge in [-0.05, 0) is 60.4 Å². The van der Waals surface area contributed by atoms with Crippen LogP contribution in [0.5, 0.6) is 0 Å². The monoisotopic (exact) mass is 480 g/mol. The first kappa shape index (κ1) is 23.2. The summed E-state index contributed by atoms with van der Waals surface area (Å²) < 4.78 is 13.5. The van der Waals surface area contributed by atoms with E-state index in [-0.39, 0.29) is 18.4 Å². The Morgan fingerprint density at radius 1 is 1.03 bits per heavy atom. The third kappa shape index (κ3) is 5.02. The Bertz CT molecular complexity index is 1220. The van der Waals surface area contributed by atoms with Gasteiger partial charge in [0.2, 0.25) is 0 Å². The van der Waals surface area contributed by atoms with Crippen LogP contribution in [0.15, 0.2) is 76.5 Å². The predicted octanol–water partition coefficient (Wildman–Crippen LogP) is 5.44. The molecule has 1 heterocycles. The molecule has 7 heteroatoms. The highest BCUT2D eigenvalue weighted by Gasteiger charge is 2.31. The molecule has 1 aliphatic heterocycles. The quantitative estimate of drug-likeness (QED) is 0.510. The molecule has 0 radical (unpaired) electrons. The maximum absolute atomic E-state index is 13.6. The van der Waals surface area contributed by atoms with E-state index in [4.69, 9.17) is 11.6 Å². The molecule has 170 valence electrons. The standard InChI is InChI=1S/C26H25ClN2O3S/c1-17(2)13-14-28-25(30)19-9-12-24-22(15-19)29(16-18-7-10-20(27)11-8-18)26(31)21-5-3-4-6-23(21)33(24)32/h3-12,15,17H,13-14,16H2,1-2H3,(H,28,30)/t33-/m0/s1. The minimum Gasteiger partial charge on any atom is -0.352 e. The Kier molecular flexibility index (Phi) is 6.96. The minimum absolute atomic E-state index is 0.218. The fraction of sp³-hybridized carbons (Fsp3) is 0.231. The summed E-state index contributed by atoms with van der Waals surface area (Å²) in [7, 11) is -1.56. The molecule has 0 aliphatic carbocycles. The number of carbonyl (C=O) groups is 2. The molecule has 0 aromatic heterocycles. The summed E-state index contributed by atoms with van der Waals surface area (Å²) in [4.78, 5) is 28.9. The second-order valence-electron chi connectivity index (χ2n) is 8.40. The van der Waals surface area contributed by atoms with Crippen LogP contribution in [0.3, 0.4) is 0 Å². The fourth-order valence-corrected chi connectivity index (χ4v) is 5.18. The van der Waals surface area contributed by atoms with Crippen LogP contribution in [0.4, 0.5) is 5.69 Å². The van der Waals surface area contributed by atoms with E-state index in [0.717, 1.165) is 12.0 Å². The second kappa shape index (κ2) is 9.89. The first-order chi connectivity index (χ1) is 15.8. The van der Waals surface area contributed by atoms with Crippen molar-refractivity contribution in [2.24, 2.45) is 5.92 Å². The second-order valence-corrected chi connectivity index (χ2v) is 10.3. The summed E-state index contributed by atoms with van der Waals surface area (Å²) in [6, 6.07) is 19.2. The lowest BCUT2D eigenvalue weighted by molar-refractivity contribution is 0.0948. The van der Waals surface area contributed by atoms with Gasteiger partial charge in [0, 0.05) is 17.1 Å². The predicted molar refractivity (Wildman–Crippen MR) is 131 cm³/mol. The highest BCUT2D eigenvalue weighted by molar-refractivity contribution is 7.85. The van der Waals surface area contributed by atoms with Gasteiger partial charge in [0.25, 0.3) is 11.8 Å². The highest BCUT2D eigenvalue weighted by Crippen LogP contribution is 2.36. The van der Waals surface area contributed by atoms with Gasteiger partial charge < -0.3 is 10.2 Å². The van der Waals surface area contributed by atoms with E-state index in [1.165, 1.54) is 0 Å². The molecule has 1 aliphatic rings. The van der Waals surface area contributed by atoms with E-state index in [2.05, 4.69) is 19.2 Å². The van der Waals surface area contributed by atoms with Crippen LogP contribution in [0.1, 0.15) is 46.5 Å². The van der Waals surface area contributed by atoms with Crippen LogP contribution in [0, 0.1) is 5.92 Å². The largest absolute Gasteiger partial charge is 0.352 e. The normalized spacial score (nSPS) is 15.1. The molecule has 5 nitrogen and oxygen atoms in total. The zero-order chi connectivity index (χ0) is 23.5. The fourth-order valence-electron chi connectivity index (χ4n) is 3.71. The van der Waals surface area contributed by atoms with Crippen molar-refractivity contribution in [1.82, 2.24) is 5.32 Å². The number of nitrogens with zero attached hydrogens (tertiary/aromatic N) is 1. The summed E-state index contributed by atoms with van der Waals surface area (Å²) in [5.74, 6) is 0.000612. The van der Waals surface area contributed by atoms with E-state index in [9.17, 15) is 13.8 Å². The van der Waals surface area contributed by atoms with Gasteiger partial charge in [-0.2, -0.15) is 0 Å². The Morgan fingerprint density at radius 3 is 2.48 bits per heavy atom. The molecule has 0 bridgehead atoms. The van der Waals surface area contributed by atoms with Crippen molar-refractivity contribution >= 4 is 39.9 Å². The summed E-state index contributed by atoms with van der Waals surface area (Å²) >= 11 is 6.03. The molecular formula is C26H25ClN2O3S. The lowest BCUT2D eigenvalue weighted by atomic mass is 10.1. The van der Waals surface area contributed by atoms with Crippen molar-refractivity contribution in [3.8, 4) is 0 Å². The Labute approximate surface area is 201 Å². The topological polar surface area (TPSA) is 66.5 Å². The highest BCUT2D eigenvalue weighted by atomic mass is 35.5. The molecule has 0 unspecified atom stereocenters. The van der Waals surface area contributed by atoms with Crippen molar-refractivity contribution < 1.29 is 13.8 Å². The number of anilines is 1. The molecule has 4 rings (SSSR count). The number of amides is 2. The van der Waals surface area contributed by atoms with E-state index in [1.807, 2.05) is 12.1 Å². The molecule has 3 aromatic rings. The van der Waals surface area contributed by atoms with E-state index in [0.29, 0.717) is 44.1 Å². The van der Waals surface area contributed by atoms with Crippen LogP contribution in [0.2, 0.25) is 5.02 Å². The third-order valence-electron chi connectivity index (χ3n) is 5.54. The van der Waals surface area contributed by atoms with Crippen LogP contribution in [-0.2, 0) is 17.3 Å². The summed E-state index contributed by atoms with van der Waals surface area (Å²) in [6.07, 6.45) is 0.872. The van der Waals surface area contributed by atoms with Gasteiger partial charge >= 0.3 is 0 Å². The van der Waals surface area contributed by atoms with E-state index in [1.54, 1.807) is 59.5 Å². The summed E-state index contributed by atoms with van der Waals surface area (Å²) in [6.45, 7) is 5.02. The van der Waals surface area contributed by atoms with Gasteiger partial charge in [-0.25, -0.2) is 4.21 Å². The molecule has 1 N–H and O–H groups in total. The smallest absolute Gasteiger partial charge is 0.259 e. The molecule has 0 saturated carbocycles. The maximum atomic E-state index is 13.6. The van der Waals surface area contributed by atoms with Crippen LogP contribution in [-0.4, -0.2) is 22.6 Å². The van der Waals surface area contributed by atoms with Crippen molar-refractivity contribution in [1.29, 1.82) is 0 Å². The molecule has 0 saturated heterocycles. The first-order valence-electron chi connectivity index (χ1n) is 10.8. The summed E-state index contributed by atoms with van der Waals surface area (Å²) in [5, 5.41) is 3.53. The van der Waals surface area contributed by atoms with Gasteiger partial charge in [-0.3, -0.25) is 9.59 Å². The maximum Gasteiger partial charge on any atom is 0.259 e. The van der Waals surface area contributed by atoms with Gasteiger partial charge in [0.05, 0.1) is 38.4 Å². The van der Waals surface area contributed by atoms with Crippen molar-refractivity contribution in [2.45, 2.75) is 36.6 Å².